The zero-order chi connectivity index (χ0) is 16.2. The molecule has 2 aliphatic rings. The number of nitrogens with one attached hydrogen (secondary N) is 1. The van der Waals surface area contributed by atoms with Gasteiger partial charge in [0.05, 0.1) is 11.5 Å². The van der Waals surface area contributed by atoms with Gasteiger partial charge in [-0.05, 0) is 51.4 Å². The molecule has 2 amide bonds. The van der Waals surface area contributed by atoms with Crippen LogP contribution in [0.2, 0.25) is 0 Å². The molecule has 2 fully saturated rings. The summed E-state index contributed by atoms with van der Waals surface area (Å²) in [4.78, 5) is 24.9. The smallest absolute Gasteiger partial charge is 0.317 e. The Balaban J connectivity index is 1.66. The van der Waals surface area contributed by atoms with Crippen molar-refractivity contribution in [2.24, 2.45) is 11.3 Å². The van der Waals surface area contributed by atoms with E-state index in [0.717, 1.165) is 32.1 Å². The highest BCUT2D eigenvalue weighted by atomic mass is 16.5. The number of amides is 2. The molecule has 22 heavy (non-hydrogen) atoms. The minimum atomic E-state index is -0.822. The maximum absolute atomic E-state index is 12.1. The molecule has 1 aliphatic heterocycles. The van der Waals surface area contributed by atoms with Crippen molar-refractivity contribution in [3.8, 4) is 0 Å². The second-order valence-corrected chi connectivity index (χ2v) is 6.94. The average molecular weight is 312 g/mol. The lowest BCUT2D eigenvalue weighted by molar-refractivity contribution is -0.146. The molecule has 1 aliphatic carbocycles. The predicted molar refractivity (Wildman–Crippen MR) is 82.7 cm³/mol. The van der Waals surface area contributed by atoms with Crippen LogP contribution in [-0.2, 0) is 9.53 Å². The third-order valence-electron chi connectivity index (χ3n) is 5.23. The molecule has 126 valence electrons. The van der Waals surface area contributed by atoms with E-state index < -0.39 is 11.4 Å². The lowest BCUT2D eigenvalue weighted by Gasteiger charge is -2.27. The number of aliphatic carboxylic acids is 1. The maximum Gasteiger partial charge on any atom is 0.317 e. The van der Waals surface area contributed by atoms with Gasteiger partial charge in [-0.2, -0.15) is 0 Å². The van der Waals surface area contributed by atoms with Crippen molar-refractivity contribution < 1.29 is 19.4 Å². The van der Waals surface area contributed by atoms with Crippen LogP contribution in [0.3, 0.4) is 0 Å². The van der Waals surface area contributed by atoms with E-state index in [-0.39, 0.29) is 6.03 Å². The summed E-state index contributed by atoms with van der Waals surface area (Å²) in [5.41, 5.74) is -0.796. The summed E-state index contributed by atoms with van der Waals surface area (Å²) >= 11 is 0. The Kier molecular flexibility index (Phi) is 5.67. The van der Waals surface area contributed by atoms with Gasteiger partial charge >= 0.3 is 12.0 Å². The van der Waals surface area contributed by atoms with Crippen LogP contribution in [0.4, 0.5) is 4.79 Å². The van der Waals surface area contributed by atoms with Gasteiger partial charge in [-0.15, -0.1) is 0 Å². The summed E-state index contributed by atoms with van der Waals surface area (Å²) in [6.45, 7) is 3.19. The molecule has 0 aromatic carbocycles. The molecule has 0 spiro atoms. The Morgan fingerprint density at radius 1 is 1.32 bits per heavy atom. The van der Waals surface area contributed by atoms with Crippen molar-refractivity contribution in [2.75, 3.05) is 26.7 Å². The summed E-state index contributed by atoms with van der Waals surface area (Å²) in [5, 5.41) is 12.1. The van der Waals surface area contributed by atoms with Gasteiger partial charge in [0.2, 0.25) is 0 Å². The van der Waals surface area contributed by atoms with E-state index in [1.54, 1.807) is 18.9 Å². The molecule has 1 saturated heterocycles. The molecule has 1 saturated carbocycles. The number of likely N-dealkylation sites (tertiary alicyclic amines) is 1. The molecule has 0 aromatic heterocycles. The summed E-state index contributed by atoms with van der Waals surface area (Å²) < 4.78 is 5.36. The number of urea groups is 1. The molecule has 1 atom stereocenters. The molecule has 2 rings (SSSR count). The third kappa shape index (κ3) is 4.12. The van der Waals surface area contributed by atoms with Crippen molar-refractivity contribution in [3.63, 3.8) is 0 Å². The number of carboxylic acid groups (broad SMARTS) is 1. The monoisotopic (exact) mass is 312 g/mol. The lowest BCUT2D eigenvalue weighted by atomic mass is 9.85. The van der Waals surface area contributed by atoms with Gasteiger partial charge in [0.1, 0.15) is 0 Å². The van der Waals surface area contributed by atoms with E-state index in [9.17, 15) is 14.7 Å². The van der Waals surface area contributed by atoms with Gasteiger partial charge in [0.25, 0.3) is 0 Å². The molecule has 6 heteroatoms. The Morgan fingerprint density at radius 3 is 2.55 bits per heavy atom. The number of carboxylic acids is 1. The number of methoxy groups -OCH3 is 1. The van der Waals surface area contributed by atoms with Crippen LogP contribution in [0.5, 0.6) is 0 Å². The first-order chi connectivity index (χ1) is 10.4. The van der Waals surface area contributed by atoms with Gasteiger partial charge in [0.15, 0.2) is 0 Å². The third-order valence-corrected chi connectivity index (χ3v) is 5.23. The van der Waals surface area contributed by atoms with Gasteiger partial charge in [-0.1, -0.05) is 0 Å². The summed E-state index contributed by atoms with van der Waals surface area (Å²) in [6.07, 6.45) is 6.47. The quantitative estimate of drug-likeness (QED) is 0.815. The first kappa shape index (κ1) is 17.1. The summed E-state index contributed by atoms with van der Waals surface area (Å²) in [5.74, 6) is -0.160. The maximum atomic E-state index is 12.1. The van der Waals surface area contributed by atoms with Crippen LogP contribution in [-0.4, -0.2) is 54.9 Å². The molecule has 1 unspecified atom stereocenters. The minimum Gasteiger partial charge on any atom is -0.481 e. The highest BCUT2D eigenvalue weighted by Crippen LogP contribution is 2.30. The fourth-order valence-electron chi connectivity index (χ4n) is 3.46. The molecule has 0 bridgehead atoms. The minimum absolute atomic E-state index is 0.129. The molecule has 1 heterocycles. The second-order valence-electron chi connectivity index (χ2n) is 6.94. The Morgan fingerprint density at radius 2 is 2.00 bits per heavy atom. The first-order valence-electron chi connectivity index (χ1n) is 8.23. The van der Waals surface area contributed by atoms with Crippen LogP contribution in [0.25, 0.3) is 0 Å². The van der Waals surface area contributed by atoms with Crippen molar-refractivity contribution >= 4 is 12.0 Å². The number of hydrogen-bond donors (Lipinski definition) is 2. The highest BCUT2D eigenvalue weighted by molar-refractivity contribution is 5.79. The number of carbonyl (C=O) groups excluding carboxylic acids is 1. The Hall–Kier alpha value is -1.30. The molecule has 2 N–H and O–H groups in total. The fourth-order valence-corrected chi connectivity index (χ4v) is 3.46. The zero-order valence-corrected chi connectivity index (χ0v) is 13.6. The van der Waals surface area contributed by atoms with Gasteiger partial charge < -0.3 is 20.1 Å². The summed E-state index contributed by atoms with van der Waals surface area (Å²) in [7, 11) is 1.77. The van der Waals surface area contributed by atoms with E-state index in [0.29, 0.717) is 38.1 Å². The standard InChI is InChI=1S/C16H28N2O4/c1-16(14(19)20)8-10-18(11-16)15(21)17-9-7-12-3-5-13(22-2)6-4-12/h12-13H,3-11H2,1-2H3,(H,17,21)(H,19,20). The normalized spacial score (nSPS) is 32.0. The van der Waals surface area contributed by atoms with E-state index in [1.807, 2.05) is 0 Å². The molecule has 0 radical (unpaired) electrons. The van der Waals surface area contributed by atoms with Crippen LogP contribution in [0, 0.1) is 11.3 Å². The lowest BCUT2D eigenvalue weighted by Crippen LogP contribution is -2.41. The Bertz CT molecular complexity index is 407. The van der Waals surface area contributed by atoms with Crippen molar-refractivity contribution in [1.82, 2.24) is 10.2 Å². The number of nitrogens with zero attached hydrogens (tertiary/aromatic N) is 1. The predicted octanol–water partition coefficient (Wildman–Crippen LogP) is 2.09. The van der Waals surface area contributed by atoms with Gasteiger partial charge in [0, 0.05) is 26.7 Å². The van der Waals surface area contributed by atoms with Crippen molar-refractivity contribution in [3.05, 3.63) is 0 Å². The first-order valence-corrected chi connectivity index (χ1v) is 8.23. The van der Waals surface area contributed by atoms with Gasteiger partial charge in [-0.3, -0.25) is 4.79 Å². The van der Waals surface area contributed by atoms with E-state index in [1.165, 1.54) is 0 Å². The van der Waals surface area contributed by atoms with Crippen LogP contribution in [0.15, 0.2) is 0 Å². The van der Waals surface area contributed by atoms with E-state index in [4.69, 9.17) is 4.74 Å². The molecule has 6 nitrogen and oxygen atoms in total. The van der Waals surface area contributed by atoms with E-state index >= 15 is 0 Å². The van der Waals surface area contributed by atoms with E-state index in [2.05, 4.69) is 5.32 Å². The van der Waals surface area contributed by atoms with Crippen molar-refractivity contribution in [1.29, 1.82) is 0 Å². The number of ether oxygens (including phenoxy) is 1. The number of hydrogen-bond acceptors (Lipinski definition) is 3. The largest absolute Gasteiger partial charge is 0.481 e. The van der Waals surface area contributed by atoms with Crippen molar-refractivity contribution in [2.45, 2.75) is 51.6 Å². The summed E-state index contributed by atoms with van der Waals surface area (Å²) in [6, 6.07) is -0.129. The second kappa shape index (κ2) is 7.31. The topological polar surface area (TPSA) is 78.9 Å². The molecular formula is C16H28N2O4. The Labute approximate surface area is 132 Å². The van der Waals surface area contributed by atoms with Crippen LogP contribution in [0.1, 0.15) is 45.4 Å². The van der Waals surface area contributed by atoms with Gasteiger partial charge in [-0.25, -0.2) is 4.79 Å². The fraction of sp³-hybridized carbons (Fsp3) is 0.875. The number of rotatable bonds is 5. The zero-order valence-electron chi connectivity index (χ0n) is 13.6. The highest BCUT2D eigenvalue weighted by Gasteiger charge is 2.42. The average Bonchev–Trinajstić information content (AvgIpc) is 2.92. The number of carbonyl (C=O) groups is 2. The molecular weight excluding hydrogens is 284 g/mol. The van der Waals surface area contributed by atoms with Crippen LogP contribution >= 0.6 is 0 Å². The van der Waals surface area contributed by atoms with Crippen LogP contribution < -0.4 is 5.32 Å². The SMILES string of the molecule is COC1CCC(CCNC(=O)N2CCC(C)(C(=O)O)C2)CC1. The molecule has 0 aromatic rings.